The Bertz CT molecular complexity index is 2610. The van der Waals surface area contributed by atoms with E-state index in [0.717, 1.165) is 18.4 Å². The molecule has 4 heterocycles. The summed E-state index contributed by atoms with van der Waals surface area (Å²) in [7, 11) is 0. The van der Waals surface area contributed by atoms with Crippen molar-refractivity contribution in [1.29, 1.82) is 10.5 Å². The number of hydrazone groups is 2. The van der Waals surface area contributed by atoms with E-state index >= 15 is 4.39 Å². The highest BCUT2D eigenvalue weighted by Gasteiger charge is 2.73. The molecule has 12 rings (SSSR count). The minimum Gasteiger partial charge on any atom is -0.477 e. The van der Waals surface area contributed by atoms with Gasteiger partial charge in [-0.1, -0.05) is 24.3 Å². The third-order valence-electron chi connectivity index (χ3n) is 14.1. The Labute approximate surface area is 351 Å². The Balaban J connectivity index is 0.833. The maximum Gasteiger partial charge on any atom is 0.249 e. The van der Waals surface area contributed by atoms with Crippen LogP contribution in [0.25, 0.3) is 0 Å². The van der Waals surface area contributed by atoms with Crippen LogP contribution in [0.5, 0.6) is 11.8 Å². The molecule has 308 valence electrons. The summed E-state index contributed by atoms with van der Waals surface area (Å²) in [5.41, 5.74) is 2.61. The summed E-state index contributed by atoms with van der Waals surface area (Å²) in [5, 5.41) is 31.3. The Morgan fingerprint density at radius 2 is 1.59 bits per heavy atom. The Hall–Kier alpha value is -6.54. The number of hydrogen-bond donors (Lipinski definition) is 0. The van der Waals surface area contributed by atoms with E-state index < -0.39 is 29.2 Å². The fraction of sp³-hybridized carbons (Fsp3) is 0.404. The number of aromatic nitrogens is 2. The van der Waals surface area contributed by atoms with Crippen molar-refractivity contribution in [2.24, 2.45) is 38.3 Å². The van der Waals surface area contributed by atoms with Gasteiger partial charge < -0.3 is 9.47 Å². The highest BCUT2D eigenvalue weighted by Crippen LogP contribution is 2.74. The second kappa shape index (κ2) is 14.3. The van der Waals surface area contributed by atoms with Crippen molar-refractivity contribution in [2.75, 3.05) is 13.2 Å². The quantitative estimate of drug-likeness (QED) is 0.149. The average Bonchev–Trinajstić information content (AvgIpc) is 4.03. The van der Waals surface area contributed by atoms with Gasteiger partial charge in [-0.3, -0.25) is 9.59 Å². The lowest BCUT2D eigenvalue weighted by molar-refractivity contribution is -0.227. The largest absolute Gasteiger partial charge is 0.477 e. The molecule has 4 aromatic rings. The molecule has 4 bridgehead atoms. The van der Waals surface area contributed by atoms with Gasteiger partial charge in [0.2, 0.25) is 23.6 Å². The van der Waals surface area contributed by atoms with Crippen molar-refractivity contribution in [1.82, 2.24) is 20.0 Å². The Kier molecular flexibility index (Phi) is 9.06. The zero-order valence-electron chi connectivity index (χ0n) is 33.7. The molecule has 2 aromatic heterocycles. The molecule has 0 N–H and O–H groups in total. The number of hydrogen-bond acceptors (Lipinski definition) is 10. The molecule has 6 fully saturated rings. The number of benzene rings is 2. The molecule has 4 atom stereocenters. The number of amides is 2. The second-order valence-electron chi connectivity index (χ2n) is 18.2. The number of aryl methyl sites for hydroxylation is 2. The fourth-order valence-electron chi connectivity index (χ4n) is 11.1. The van der Waals surface area contributed by atoms with Crippen molar-refractivity contribution >= 4 is 24.2 Å². The minimum absolute atomic E-state index is 0.0937. The molecular formula is C47H42F2N8O4. The molecule has 2 amide bonds. The van der Waals surface area contributed by atoms with Gasteiger partial charge in [0.15, 0.2) is 0 Å². The van der Waals surface area contributed by atoms with Gasteiger partial charge in [0.1, 0.15) is 23.8 Å². The zero-order valence-corrected chi connectivity index (χ0v) is 33.7. The van der Waals surface area contributed by atoms with Crippen LogP contribution in [0.3, 0.4) is 0 Å². The molecule has 0 radical (unpaired) electrons. The van der Waals surface area contributed by atoms with Crippen LogP contribution in [0.15, 0.2) is 77.2 Å². The van der Waals surface area contributed by atoms with E-state index in [2.05, 4.69) is 32.3 Å². The molecule has 3 unspecified atom stereocenters. The molecule has 61 heavy (non-hydrogen) atoms. The number of nitriles is 2. The maximum atomic E-state index is 15.2. The number of nitrogens with zero attached hydrogens (tertiary/aromatic N) is 8. The van der Waals surface area contributed by atoms with Crippen molar-refractivity contribution in [3.63, 3.8) is 0 Å². The first-order valence-corrected chi connectivity index (χ1v) is 20.7. The van der Waals surface area contributed by atoms with Gasteiger partial charge in [0.05, 0.1) is 41.8 Å². The first-order valence-electron chi connectivity index (χ1n) is 20.7. The smallest absolute Gasteiger partial charge is 0.249 e. The third-order valence-corrected chi connectivity index (χ3v) is 14.1. The lowest BCUT2D eigenvalue weighted by atomic mass is 9.35. The summed E-state index contributed by atoms with van der Waals surface area (Å²) in [5.74, 6) is -1.05. The van der Waals surface area contributed by atoms with Crippen molar-refractivity contribution in [2.45, 2.75) is 76.8 Å². The number of carbonyl (C=O) groups is 2. The van der Waals surface area contributed by atoms with E-state index in [1.807, 2.05) is 13.0 Å². The minimum atomic E-state index is -0.730. The number of halogens is 2. The Morgan fingerprint density at radius 1 is 0.820 bits per heavy atom. The van der Waals surface area contributed by atoms with E-state index in [0.29, 0.717) is 84.9 Å². The third kappa shape index (κ3) is 6.42. The lowest BCUT2D eigenvalue weighted by Crippen LogP contribution is -2.69. The standard InChI is InChI=1S/C47H42F2N8O4/c1-27-3-7-33(38(49)11-27)39-9-10-54-56(39)44(59)47-22-46(23-47,24-47)26-61-41-13-34(32(18-51)20-53-41)36-21-55-57(42(36)30-6-4-28(2)37(48)12-30)43(58)35-16-45(14-31(35)15-45)25-60-40-8-5-29(17-50)19-52-40/h3-8,10-13,19-21,31,35-36,39,42H,9,14-16,22-26H2,1-2H3/t31?,35-,36?,39?,42?,45?,46?,47?/m0/s1. The van der Waals surface area contributed by atoms with Crippen LogP contribution in [0.4, 0.5) is 8.78 Å². The van der Waals surface area contributed by atoms with Crippen LogP contribution >= 0.6 is 0 Å². The molecule has 2 aliphatic heterocycles. The number of ether oxygens (including phenoxy) is 2. The van der Waals surface area contributed by atoms with Crippen molar-refractivity contribution in [3.8, 4) is 23.9 Å². The van der Waals surface area contributed by atoms with E-state index in [1.54, 1.807) is 55.8 Å². The predicted molar refractivity (Wildman–Crippen MR) is 217 cm³/mol. The van der Waals surface area contributed by atoms with E-state index in [9.17, 15) is 19.2 Å². The molecule has 12 nitrogen and oxygen atoms in total. The van der Waals surface area contributed by atoms with E-state index in [-0.39, 0.29) is 45.9 Å². The summed E-state index contributed by atoms with van der Waals surface area (Å²) in [6, 6.07) is 18.1. The second-order valence-corrected chi connectivity index (χ2v) is 18.2. The van der Waals surface area contributed by atoms with Crippen LogP contribution in [0.2, 0.25) is 0 Å². The van der Waals surface area contributed by atoms with Crippen LogP contribution in [0.1, 0.15) is 102 Å². The lowest BCUT2D eigenvalue weighted by Gasteiger charge is -2.69. The van der Waals surface area contributed by atoms with Crippen molar-refractivity contribution < 1.29 is 27.8 Å². The summed E-state index contributed by atoms with van der Waals surface area (Å²) in [6.45, 7) is 4.22. The molecule has 6 saturated carbocycles. The maximum absolute atomic E-state index is 15.2. The summed E-state index contributed by atoms with van der Waals surface area (Å²) < 4.78 is 42.5. The highest BCUT2D eigenvalue weighted by atomic mass is 19.1. The Morgan fingerprint density at radius 3 is 2.31 bits per heavy atom. The SMILES string of the molecule is Cc1ccc(C2CC=NN2C(=O)C23CC(COc4cc(C5C=NN(C(=O)[C@H]6CC7(COc8ccc(C#N)cn8)CC6C7)C5c5ccc(C)c(F)c5)c(C#N)cn4)(C2)C3)c(F)c1. The first-order chi connectivity index (χ1) is 29.4. The zero-order chi connectivity index (χ0) is 42.3. The van der Waals surface area contributed by atoms with Gasteiger partial charge in [0, 0.05) is 71.6 Å². The highest BCUT2D eigenvalue weighted by molar-refractivity contribution is 5.88. The van der Waals surface area contributed by atoms with E-state index in [1.165, 1.54) is 34.5 Å². The molecule has 2 aromatic carbocycles. The fourth-order valence-corrected chi connectivity index (χ4v) is 11.1. The van der Waals surface area contributed by atoms with Crippen LogP contribution in [-0.2, 0) is 9.59 Å². The molecule has 0 spiro atoms. The van der Waals surface area contributed by atoms with Gasteiger partial charge in [0.25, 0.3) is 0 Å². The molecule has 6 aliphatic carbocycles. The van der Waals surface area contributed by atoms with Crippen LogP contribution < -0.4 is 9.47 Å². The van der Waals surface area contributed by atoms with Gasteiger partial charge >= 0.3 is 0 Å². The monoisotopic (exact) mass is 820 g/mol. The van der Waals surface area contributed by atoms with Crippen LogP contribution in [0, 0.1) is 76.2 Å². The number of pyridine rings is 2. The number of carbonyl (C=O) groups excluding carboxylic acids is 2. The topological polar surface area (TPSA) is 157 Å². The van der Waals surface area contributed by atoms with Gasteiger partial charge in [-0.25, -0.2) is 28.8 Å². The van der Waals surface area contributed by atoms with Crippen molar-refractivity contribution in [3.05, 3.63) is 118 Å². The van der Waals surface area contributed by atoms with Gasteiger partial charge in [-0.05, 0) is 98.7 Å². The van der Waals surface area contributed by atoms with Crippen LogP contribution in [-0.4, -0.2) is 57.4 Å². The molecule has 14 heteroatoms. The average molecular weight is 821 g/mol. The number of rotatable bonds is 11. The summed E-state index contributed by atoms with van der Waals surface area (Å²) in [6.07, 6.45) is 10.8. The molecule has 8 aliphatic rings. The number of fused-ring (bicyclic) bond motifs is 1. The summed E-state index contributed by atoms with van der Waals surface area (Å²) >= 11 is 0. The molecule has 0 saturated heterocycles. The van der Waals surface area contributed by atoms with Gasteiger partial charge in [-0.2, -0.15) is 20.7 Å². The first kappa shape index (κ1) is 38.6. The normalized spacial score (nSPS) is 29.9. The van der Waals surface area contributed by atoms with E-state index in [4.69, 9.17) is 14.7 Å². The van der Waals surface area contributed by atoms with Gasteiger partial charge in [-0.15, -0.1) is 0 Å². The summed E-state index contributed by atoms with van der Waals surface area (Å²) in [4.78, 5) is 37.0. The predicted octanol–water partition coefficient (Wildman–Crippen LogP) is 7.77. The molecular weight excluding hydrogens is 779 g/mol.